The fourth-order valence-corrected chi connectivity index (χ4v) is 12.9. The van der Waals surface area contributed by atoms with E-state index in [-0.39, 0.29) is 16.8 Å². The topological polar surface area (TPSA) is 40.2 Å². The molecule has 6 fully saturated rings. The summed E-state index contributed by atoms with van der Waals surface area (Å²) in [6.45, 7) is 37.6. The average molecular weight is 676 g/mol. The summed E-state index contributed by atoms with van der Waals surface area (Å²) < 4.78 is 24.9. The lowest BCUT2D eigenvalue weighted by Crippen LogP contribution is -2.49. The van der Waals surface area contributed by atoms with Crippen LogP contribution in [0.3, 0.4) is 0 Å². The molecule has 5 saturated heterocycles. The van der Waals surface area contributed by atoms with Crippen molar-refractivity contribution in [2.24, 2.45) is 65.1 Å². The summed E-state index contributed by atoms with van der Waals surface area (Å²) in [4.78, 5) is 2.53. The third-order valence-electron chi connectivity index (χ3n) is 13.3. The number of hydrogen-bond donors (Lipinski definition) is 0. The number of nitrogens with zero attached hydrogens (tertiary/aromatic N) is 1. The minimum Gasteiger partial charge on any atom is -0.378 e. The zero-order valence-corrected chi connectivity index (χ0v) is 34.6. The fourth-order valence-electron chi connectivity index (χ4n) is 12.9. The van der Waals surface area contributed by atoms with Crippen molar-refractivity contribution in [1.29, 1.82) is 0 Å². The predicted molar refractivity (Wildman–Crippen MR) is 201 cm³/mol. The van der Waals surface area contributed by atoms with Crippen LogP contribution in [-0.4, -0.2) is 72.9 Å². The third kappa shape index (κ3) is 8.06. The summed E-state index contributed by atoms with van der Waals surface area (Å²) >= 11 is 0. The van der Waals surface area contributed by atoms with Gasteiger partial charge in [0, 0.05) is 24.4 Å². The van der Waals surface area contributed by atoms with Crippen molar-refractivity contribution in [3.8, 4) is 0 Å². The molecule has 5 heterocycles. The Hall–Kier alpha value is -0.200. The van der Waals surface area contributed by atoms with Gasteiger partial charge in [-0.2, -0.15) is 0 Å². The van der Waals surface area contributed by atoms with Crippen LogP contribution in [0.25, 0.3) is 0 Å². The van der Waals surface area contributed by atoms with E-state index in [2.05, 4.69) is 116 Å². The molecular formula is C43H81NO4. The average Bonchev–Trinajstić information content (AvgIpc) is 3.49. The molecule has 5 heteroatoms. The van der Waals surface area contributed by atoms with Crippen molar-refractivity contribution in [2.75, 3.05) is 26.8 Å². The van der Waals surface area contributed by atoms with Crippen molar-refractivity contribution >= 4 is 0 Å². The molecule has 1 aliphatic carbocycles. The monoisotopic (exact) mass is 676 g/mol. The first-order valence-corrected chi connectivity index (χ1v) is 20.6. The van der Waals surface area contributed by atoms with E-state index < -0.39 is 0 Å². The van der Waals surface area contributed by atoms with Crippen LogP contribution in [0.4, 0.5) is 0 Å². The molecule has 48 heavy (non-hydrogen) atoms. The van der Waals surface area contributed by atoms with E-state index in [9.17, 15) is 0 Å². The molecular weight excluding hydrogens is 594 g/mol. The number of morpholine rings is 1. The zero-order chi connectivity index (χ0) is 35.9. The van der Waals surface area contributed by atoms with Gasteiger partial charge >= 0.3 is 0 Å². The lowest BCUT2D eigenvalue weighted by atomic mass is 9.63. The highest BCUT2D eigenvalue weighted by molar-refractivity contribution is 5.12. The number of ether oxygens (including phenoxy) is 4. The SMILES string of the molecule is CC(C)CC12CCCC(C(C)O1)C2C(C)C.CC(C)CC12CN(C)C(C(C)O1)C2C(C)C.CC(C)CC12COCC(C(C)O1)C2C(C)C. The Morgan fingerprint density at radius 1 is 0.583 bits per heavy atom. The molecule has 1 saturated carbocycles. The molecule has 6 aliphatic rings. The van der Waals surface area contributed by atoms with E-state index in [0.717, 1.165) is 67.6 Å². The van der Waals surface area contributed by atoms with Crippen molar-refractivity contribution < 1.29 is 18.9 Å². The minimum atomic E-state index is 0.00463. The summed E-state index contributed by atoms with van der Waals surface area (Å²) in [7, 11) is 2.27. The van der Waals surface area contributed by atoms with Crippen molar-refractivity contribution in [2.45, 2.75) is 184 Å². The molecule has 0 N–H and O–H groups in total. The van der Waals surface area contributed by atoms with Gasteiger partial charge in [-0.3, -0.25) is 4.90 Å². The van der Waals surface area contributed by atoms with Gasteiger partial charge < -0.3 is 18.9 Å². The molecule has 5 nitrogen and oxygen atoms in total. The maximum absolute atomic E-state index is 6.46. The maximum atomic E-state index is 6.46. The lowest BCUT2D eigenvalue weighted by molar-refractivity contribution is -0.126. The summed E-state index contributed by atoms with van der Waals surface area (Å²) in [5.74, 6) is 7.97. The van der Waals surface area contributed by atoms with Gasteiger partial charge in [0.15, 0.2) is 0 Å². The predicted octanol–water partition coefficient (Wildman–Crippen LogP) is 10.1. The van der Waals surface area contributed by atoms with Gasteiger partial charge in [0.1, 0.15) is 0 Å². The number of hydrogen-bond acceptors (Lipinski definition) is 5. The first kappa shape index (κ1) is 40.6. The molecule has 12 unspecified atom stereocenters. The van der Waals surface area contributed by atoms with E-state index >= 15 is 0 Å². The largest absolute Gasteiger partial charge is 0.378 e. The Labute approximate surface area is 298 Å². The highest BCUT2D eigenvalue weighted by Crippen LogP contribution is 2.56. The van der Waals surface area contributed by atoms with Crippen LogP contribution in [0.15, 0.2) is 0 Å². The van der Waals surface area contributed by atoms with E-state index in [0.29, 0.717) is 48.0 Å². The second-order valence-corrected chi connectivity index (χ2v) is 19.9. The molecule has 5 aliphatic heterocycles. The van der Waals surface area contributed by atoms with Crippen LogP contribution in [0.2, 0.25) is 0 Å². The summed E-state index contributed by atoms with van der Waals surface area (Å²) in [5.41, 5.74) is 0.372. The number of rotatable bonds is 9. The van der Waals surface area contributed by atoms with Crippen LogP contribution >= 0.6 is 0 Å². The fraction of sp³-hybridized carbons (Fsp3) is 1.00. The van der Waals surface area contributed by atoms with E-state index in [1.165, 1.54) is 32.1 Å². The van der Waals surface area contributed by atoms with Gasteiger partial charge in [0.2, 0.25) is 0 Å². The first-order chi connectivity index (χ1) is 22.3. The minimum absolute atomic E-state index is 0.00463. The van der Waals surface area contributed by atoms with Crippen LogP contribution < -0.4 is 0 Å². The lowest BCUT2D eigenvalue weighted by Gasteiger charge is -2.43. The van der Waals surface area contributed by atoms with Gasteiger partial charge in [0.05, 0.1) is 48.3 Å². The summed E-state index contributed by atoms with van der Waals surface area (Å²) in [6.07, 6.45) is 8.95. The maximum Gasteiger partial charge on any atom is 0.0955 e. The van der Waals surface area contributed by atoms with Crippen LogP contribution in [0, 0.1) is 65.1 Å². The molecule has 12 atom stereocenters. The van der Waals surface area contributed by atoms with E-state index in [4.69, 9.17) is 18.9 Å². The molecule has 0 aromatic heterocycles. The smallest absolute Gasteiger partial charge is 0.0955 e. The van der Waals surface area contributed by atoms with Gasteiger partial charge in [-0.25, -0.2) is 0 Å². The molecule has 0 aromatic carbocycles. The Kier molecular flexibility index (Phi) is 13.4. The van der Waals surface area contributed by atoms with Crippen LogP contribution in [0.1, 0.15) is 142 Å². The molecule has 0 spiro atoms. The Balaban J connectivity index is 0.000000163. The number of likely N-dealkylation sites (tertiary alicyclic amines) is 1. The van der Waals surface area contributed by atoms with Gasteiger partial charge in [0.25, 0.3) is 0 Å². The number of fused-ring (bicyclic) bond motifs is 6. The van der Waals surface area contributed by atoms with Crippen LogP contribution in [0.5, 0.6) is 0 Å². The van der Waals surface area contributed by atoms with Gasteiger partial charge in [-0.05, 0) is 113 Å². The second kappa shape index (κ2) is 15.8. The normalized spacial score (nSPS) is 43.5. The van der Waals surface area contributed by atoms with Gasteiger partial charge in [-0.15, -0.1) is 0 Å². The zero-order valence-electron chi connectivity index (χ0n) is 34.6. The standard InChI is InChI=1S/C15H28O.C14H27NO.C14H26O2/c1-10(2)9-15-8-6-7-13(12(5)16-15)14(15)11(3)4;1-9(2)7-14-8-15(6)13(11(5)16-14)12(14)10(3)4;1-9(2)6-14-8-15-7-12(11(5)16-14)13(14)10(3)4/h10-14H,6-9H2,1-5H3;9-13H,7-8H2,1-6H3;9-13H,6-8H2,1-5H3. The highest BCUT2D eigenvalue weighted by Gasteiger charge is 2.62. The molecule has 6 rings (SSSR count). The quantitative estimate of drug-likeness (QED) is 0.243. The second-order valence-electron chi connectivity index (χ2n) is 19.9. The Morgan fingerprint density at radius 3 is 1.56 bits per heavy atom. The summed E-state index contributed by atoms with van der Waals surface area (Å²) in [6, 6.07) is 0.638. The van der Waals surface area contributed by atoms with Crippen LogP contribution in [-0.2, 0) is 18.9 Å². The molecule has 0 amide bonds. The van der Waals surface area contributed by atoms with Crippen molar-refractivity contribution in [1.82, 2.24) is 4.90 Å². The third-order valence-corrected chi connectivity index (χ3v) is 13.3. The first-order valence-electron chi connectivity index (χ1n) is 20.6. The van der Waals surface area contributed by atoms with E-state index in [1.807, 2.05) is 0 Å². The molecule has 6 bridgehead atoms. The van der Waals surface area contributed by atoms with Gasteiger partial charge in [-0.1, -0.05) is 89.5 Å². The Morgan fingerprint density at radius 2 is 1.04 bits per heavy atom. The summed E-state index contributed by atoms with van der Waals surface area (Å²) in [5, 5.41) is 0. The van der Waals surface area contributed by atoms with Crippen molar-refractivity contribution in [3.05, 3.63) is 0 Å². The highest BCUT2D eigenvalue weighted by atomic mass is 16.6. The van der Waals surface area contributed by atoms with Crippen molar-refractivity contribution in [3.63, 3.8) is 0 Å². The molecule has 282 valence electrons. The van der Waals surface area contributed by atoms with E-state index in [1.54, 1.807) is 0 Å². The number of likely N-dealkylation sites (N-methyl/N-ethyl adjacent to an activating group) is 1. The Bertz CT molecular complexity index is 911. The molecule has 0 aromatic rings. The molecule has 0 radical (unpaired) electrons.